The summed E-state index contributed by atoms with van der Waals surface area (Å²) in [6, 6.07) is 2.30. The van der Waals surface area contributed by atoms with Crippen LogP contribution in [-0.4, -0.2) is 23.9 Å². The van der Waals surface area contributed by atoms with Gasteiger partial charge >= 0.3 is 0 Å². The standard InChI is InChI=1S/C13H22N2O/c1-11-6-4-8-15(12(11)16)9-5-7-13(2,3)10-14/h11H,4-9H2,1-3H3. The van der Waals surface area contributed by atoms with Crippen LogP contribution in [0.2, 0.25) is 0 Å². The summed E-state index contributed by atoms with van der Waals surface area (Å²) in [6.07, 6.45) is 3.94. The average molecular weight is 222 g/mol. The van der Waals surface area contributed by atoms with Crippen molar-refractivity contribution in [2.75, 3.05) is 13.1 Å². The van der Waals surface area contributed by atoms with E-state index in [1.54, 1.807) is 0 Å². The zero-order valence-corrected chi connectivity index (χ0v) is 10.6. The highest BCUT2D eigenvalue weighted by Crippen LogP contribution is 2.22. The van der Waals surface area contributed by atoms with Crippen molar-refractivity contribution in [2.24, 2.45) is 11.3 Å². The van der Waals surface area contributed by atoms with Crippen molar-refractivity contribution in [1.29, 1.82) is 5.26 Å². The number of carbonyl (C=O) groups excluding carboxylic acids is 1. The lowest BCUT2D eigenvalue weighted by atomic mass is 9.89. The molecule has 0 saturated carbocycles. The molecule has 0 aromatic carbocycles. The number of nitriles is 1. The monoisotopic (exact) mass is 222 g/mol. The largest absolute Gasteiger partial charge is 0.342 e. The fourth-order valence-corrected chi connectivity index (χ4v) is 2.12. The molecule has 3 nitrogen and oxygen atoms in total. The number of rotatable bonds is 4. The Bertz CT molecular complexity index is 291. The minimum absolute atomic E-state index is 0.192. The average Bonchev–Trinajstić information content (AvgIpc) is 2.24. The molecule has 0 bridgehead atoms. The quantitative estimate of drug-likeness (QED) is 0.733. The summed E-state index contributed by atoms with van der Waals surface area (Å²) in [7, 11) is 0. The Morgan fingerprint density at radius 3 is 2.88 bits per heavy atom. The predicted molar refractivity (Wildman–Crippen MR) is 63.6 cm³/mol. The maximum absolute atomic E-state index is 11.8. The first-order valence-corrected chi connectivity index (χ1v) is 6.16. The lowest BCUT2D eigenvalue weighted by Crippen LogP contribution is -2.40. The second-order valence-electron chi connectivity index (χ2n) is 5.47. The Labute approximate surface area is 98.4 Å². The molecule has 1 atom stereocenters. The number of hydrogen-bond acceptors (Lipinski definition) is 2. The van der Waals surface area contributed by atoms with E-state index in [2.05, 4.69) is 6.07 Å². The second kappa shape index (κ2) is 5.34. The third-order valence-electron chi connectivity index (χ3n) is 3.33. The molecule has 3 heteroatoms. The Morgan fingerprint density at radius 2 is 2.25 bits per heavy atom. The molecule has 0 radical (unpaired) electrons. The Hall–Kier alpha value is -1.04. The molecule has 0 aliphatic carbocycles. The predicted octanol–water partition coefficient (Wildman–Crippen LogP) is 2.57. The SMILES string of the molecule is CC1CCCN(CCCC(C)(C)C#N)C1=O. The van der Waals surface area contributed by atoms with E-state index in [4.69, 9.17) is 5.26 Å². The van der Waals surface area contributed by atoms with Gasteiger partial charge in [0.2, 0.25) is 5.91 Å². The fourth-order valence-electron chi connectivity index (χ4n) is 2.12. The third kappa shape index (κ3) is 3.52. The van der Waals surface area contributed by atoms with Gasteiger partial charge in [-0.15, -0.1) is 0 Å². The summed E-state index contributed by atoms with van der Waals surface area (Å²) < 4.78 is 0. The van der Waals surface area contributed by atoms with Crippen LogP contribution in [0.3, 0.4) is 0 Å². The number of carbonyl (C=O) groups is 1. The third-order valence-corrected chi connectivity index (χ3v) is 3.33. The van der Waals surface area contributed by atoms with Crippen molar-refractivity contribution in [1.82, 2.24) is 4.90 Å². The number of hydrogen-bond donors (Lipinski definition) is 0. The van der Waals surface area contributed by atoms with E-state index in [0.717, 1.165) is 38.8 Å². The first kappa shape index (κ1) is 13.0. The van der Waals surface area contributed by atoms with E-state index in [-0.39, 0.29) is 11.3 Å². The number of nitrogens with zero attached hydrogens (tertiary/aromatic N) is 2. The van der Waals surface area contributed by atoms with Crippen LogP contribution in [0, 0.1) is 22.7 Å². The van der Waals surface area contributed by atoms with Crippen LogP contribution >= 0.6 is 0 Å². The Morgan fingerprint density at radius 1 is 1.56 bits per heavy atom. The van der Waals surface area contributed by atoms with Gasteiger partial charge in [0.25, 0.3) is 0 Å². The number of amides is 1. The van der Waals surface area contributed by atoms with Crippen molar-refractivity contribution >= 4 is 5.91 Å². The summed E-state index contributed by atoms with van der Waals surface area (Å²) in [4.78, 5) is 13.8. The molecule has 1 fully saturated rings. The highest BCUT2D eigenvalue weighted by atomic mass is 16.2. The topological polar surface area (TPSA) is 44.1 Å². The first-order chi connectivity index (χ1) is 7.46. The van der Waals surface area contributed by atoms with Gasteiger partial charge in [0.05, 0.1) is 11.5 Å². The maximum atomic E-state index is 11.8. The minimum Gasteiger partial charge on any atom is -0.342 e. The molecule has 1 saturated heterocycles. The van der Waals surface area contributed by atoms with Crippen LogP contribution in [0.4, 0.5) is 0 Å². The normalized spacial score (nSPS) is 22.0. The van der Waals surface area contributed by atoms with Gasteiger partial charge in [-0.1, -0.05) is 6.92 Å². The lowest BCUT2D eigenvalue weighted by molar-refractivity contribution is -0.137. The summed E-state index contributed by atoms with van der Waals surface area (Å²) in [5, 5.41) is 8.89. The molecule has 1 aliphatic heterocycles. The molecule has 1 unspecified atom stereocenters. The maximum Gasteiger partial charge on any atom is 0.225 e. The summed E-state index contributed by atoms with van der Waals surface area (Å²) in [5.41, 5.74) is -0.259. The van der Waals surface area contributed by atoms with Gasteiger partial charge in [-0.3, -0.25) is 4.79 Å². The van der Waals surface area contributed by atoms with Crippen LogP contribution in [0.15, 0.2) is 0 Å². The second-order valence-corrected chi connectivity index (χ2v) is 5.47. The van der Waals surface area contributed by atoms with Gasteiger partial charge < -0.3 is 4.90 Å². The van der Waals surface area contributed by atoms with Crippen LogP contribution < -0.4 is 0 Å². The first-order valence-electron chi connectivity index (χ1n) is 6.16. The van der Waals surface area contributed by atoms with Gasteiger partial charge in [0.15, 0.2) is 0 Å². The zero-order valence-electron chi connectivity index (χ0n) is 10.6. The highest BCUT2D eigenvalue weighted by Gasteiger charge is 2.25. The van der Waals surface area contributed by atoms with E-state index in [1.165, 1.54) is 0 Å². The van der Waals surface area contributed by atoms with Gasteiger partial charge in [-0.2, -0.15) is 5.26 Å². The molecule has 0 aromatic rings. The van der Waals surface area contributed by atoms with Crippen LogP contribution in [-0.2, 0) is 4.79 Å². The zero-order chi connectivity index (χ0) is 12.2. The van der Waals surface area contributed by atoms with E-state index in [9.17, 15) is 4.79 Å². The van der Waals surface area contributed by atoms with Crippen molar-refractivity contribution in [3.63, 3.8) is 0 Å². The van der Waals surface area contributed by atoms with Gasteiger partial charge in [-0.05, 0) is 39.5 Å². The Kier molecular flexibility index (Phi) is 4.35. The smallest absolute Gasteiger partial charge is 0.225 e. The van der Waals surface area contributed by atoms with Crippen LogP contribution in [0.1, 0.15) is 46.5 Å². The highest BCUT2D eigenvalue weighted by molar-refractivity contribution is 5.79. The molecule has 0 aromatic heterocycles. The van der Waals surface area contributed by atoms with Gasteiger partial charge in [0, 0.05) is 19.0 Å². The summed E-state index contributed by atoms with van der Waals surface area (Å²) in [6.45, 7) is 7.62. The lowest BCUT2D eigenvalue weighted by Gasteiger charge is -2.31. The summed E-state index contributed by atoms with van der Waals surface area (Å²) >= 11 is 0. The van der Waals surface area contributed by atoms with Crippen LogP contribution in [0.5, 0.6) is 0 Å². The number of likely N-dealkylation sites (tertiary alicyclic amines) is 1. The molecule has 0 spiro atoms. The van der Waals surface area contributed by atoms with E-state index < -0.39 is 0 Å². The molecule has 0 N–H and O–H groups in total. The van der Waals surface area contributed by atoms with Crippen molar-refractivity contribution in [3.05, 3.63) is 0 Å². The fraction of sp³-hybridized carbons (Fsp3) is 0.846. The van der Waals surface area contributed by atoms with Crippen molar-refractivity contribution in [3.8, 4) is 6.07 Å². The van der Waals surface area contributed by atoms with E-state index >= 15 is 0 Å². The number of piperidine rings is 1. The van der Waals surface area contributed by atoms with E-state index in [0.29, 0.717) is 5.91 Å². The van der Waals surface area contributed by atoms with E-state index in [1.807, 2.05) is 25.7 Å². The molecular weight excluding hydrogens is 200 g/mol. The minimum atomic E-state index is -0.259. The molecule has 90 valence electrons. The molecule has 1 heterocycles. The Balaban J connectivity index is 2.33. The van der Waals surface area contributed by atoms with Crippen LogP contribution in [0.25, 0.3) is 0 Å². The molecule has 1 aliphatic rings. The molecule has 16 heavy (non-hydrogen) atoms. The molecule has 1 rings (SSSR count). The van der Waals surface area contributed by atoms with Crippen molar-refractivity contribution < 1.29 is 4.79 Å². The summed E-state index contributed by atoms with van der Waals surface area (Å²) in [5.74, 6) is 0.485. The van der Waals surface area contributed by atoms with Crippen molar-refractivity contribution in [2.45, 2.75) is 46.5 Å². The molecular formula is C13H22N2O. The molecule has 1 amide bonds. The van der Waals surface area contributed by atoms with Gasteiger partial charge in [-0.25, -0.2) is 0 Å². The van der Waals surface area contributed by atoms with Gasteiger partial charge in [0.1, 0.15) is 0 Å².